The highest BCUT2D eigenvalue weighted by atomic mass is 31.2. The lowest BCUT2D eigenvalue weighted by Gasteiger charge is -2.16. The molecule has 0 fully saturated rings. The lowest BCUT2D eigenvalue weighted by Crippen LogP contribution is -2.07. The summed E-state index contributed by atoms with van der Waals surface area (Å²) in [5, 5.41) is -0.231. The third-order valence-corrected chi connectivity index (χ3v) is 5.94. The molecule has 0 atom stereocenters. The molecule has 0 bridgehead atoms. The lowest BCUT2D eigenvalue weighted by molar-refractivity contribution is 0.387. The van der Waals surface area contributed by atoms with Gasteiger partial charge in [-0.25, -0.2) is 13.2 Å². The number of rotatable bonds is 6. The number of aryl methyl sites for hydroxylation is 3. The summed E-state index contributed by atoms with van der Waals surface area (Å²) in [6.45, 7) is 4.81. The third-order valence-electron chi connectivity index (χ3n) is 5.01. The summed E-state index contributed by atoms with van der Waals surface area (Å²) in [7, 11) is -4.51. The summed E-state index contributed by atoms with van der Waals surface area (Å²) in [6, 6.07) is 7.11. The van der Waals surface area contributed by atoms with Gasteiger partial charge < -0.3 is 14.5 Å². The first kappa shape index (κ1) is 24.0. The van der Waals surface area contributed by atoms with Crippen molar-refractivity contribution in [1.82, 2.24) is 0 Å². The van der Waals surface area contributed by atoms with Crippen molar-refractivity contribution in [3.8, 4) is 22.6 Å². The van der Waals surface area contributed by atoms with Gasteiger partial charge in [0.15, 0.2) is 23.2 Å². The van der Waals surface area contributed by atoms with E-state index in [2.05, 4.69) is 0 Å². The summed E-state index contributed by atoms with van der Waals surface area (Å²) in [6.07, 6.45) is 0.908. The average molecular weight is 468 g/mol. The van der Waals surface area contributed by atoms with E-state index in [1.165, 1.54) is 38.1 Å². The summed E-state index contributed by atoms with van der Waals surface area (Å²) in [5.41, 5.74) is -0.124. The van der Waals surface area contributed by atoms with Crippen LogP contribution in [0.4, 0.5) is 17.6 Å². The largest absolute Gasteiger partial charge is 0.454 e. The van der Waals surface area contributed by atoms with Crippen molar-refractivity contribution < 1.29 is 36.7 Å². The Morgan fingerprint density at radius 3 is 1.91 bits per heavy atom. The molecule has 170 valence electrons. The number of benzene rings is 3. The summed E-state index contributed by atoms with van der Waals surface area (Å²) in [5.74, 6) is -5.59. The molecule has 32 heavy (non-hydrogen) atoms. The fourth-order valence-electron chi connectivity index (χ4n) is 3.44. The van der Waals surface area contributed by atoms with Gasteiger partial charge in [0.1, 0.15) is 5.75 Å². The second-order valence-corrected chi connectivity index (χ2v) is 9.05. The molecule has 0 aliphatic heterocycles. The van der Waals surface area contributed by atoms with Crippen LogP contribution < -0.4 is 10.0 Å². The number of ether oxygens (including phenoxy) is 1. The molecule has 3 rings (SSSR count). The van der Waals surface area contributed by atoms with Crippen molar-refractivity contribution >= 4 is 12.9 Å². The Labute approximate surface area is 182 Å². The van der Waals surface area contributed by atoms with Gasteiger partial charge in [0.05, 0.1) is 5.30 Å². The summed E-state index contributed by atoms with van der Waals surface area (Å²) < 4.78 is 75.3. The standard InChI is InChI=1S/C23H21F4O4P/c1-4-5-14-6-7-16(20(25)19(14)24)17-8-9-18(22(27)21(17)26)31-23-12(2)10-15(11-13(23)3)32(28,29)30/h6-11H,4-5H2,1-3H3,(H2,28,29,30). The van der Waals surface area contributed by atoms with Crippen LogP contribution in [0.1, 0.15) is 30.0 Å². The molecule has 3 aromatic carbocycles. The van der Waals surface area contributed by atoms with Gasteiger partial charge in [-0.1, -0.05) is 25.5 Å². The van der Waals surface area contributed by atoms with Crippen molar-refractivity contribution in [2.75, 3.05) is 0 Å². The van der Waals surface area contributed by atoms with Crippen LogP contribution in [-0.4, -0.2) is 9.79 Å². The van der Waals surface area contributed by atoms with E-state index >= 15 is 0 Å². The van der Waals surface area contributed by atoms with Crippen molar-refractivity contribution in [3.63, 3.8) is 0 Å². The molecule has 0 heterocycles. The van der Waals surface area contributed by atoms with E-state index in [-0.39, 0.29) is 16.6 Å². The van der Waals surface area contributed by atoms with E-state index in [4.69, 9.17) is 4.74 Å². The second-order valence-electron chi connectivity index (χ2n) is 7.44. The maximum absolute atomic E-state index is 14.8. The fraction of sp³-hybridized carbons (Fsp3) is 0.217. The van der Waals surface area contributed by atoms with Crippen LogP contribution in [0.3, 0.4) is 0 Å². The number of hydrogen-bond donors (Lipinski definition) is 2. The highest BCUT2D eigenvalue weighted by Crippen LogP contribution is 2.39. The molecule has 2 N–H and O–H groups in total. The predicted molar refractivity (Wildman–Crippen MR) is 113 cm³/mol. The topological polar surface area (TPSA) is 66.8 Å². The van der Waals surface area contributed by atoms with Crippen LogP contribution in [0, 0.1) is 37.1 Å². The molecular formula is C23H21F4O4P. The van der Waals surface area contributed by atoms with E-state index in [0.29, 0.717) is 24.0 Å². The van der Waals surface area contributed by atoms with E-state index < -0.39 is 47.7 Å². The van der Waals surface area contributed by atoms with E-state index in [0.717, 1.165) is 12.1 Å². The van der Waals surface area contributed by atoms with E-state index in [9.17, 15) is 31.9 Å². The summed E-state index contributed by atoms with van der Waals surface area (Å²) >= 11 is 0. The maximum Gasteiger partial charge on any atom is 0.356 e. The van der Waals surface area contributed by atoms with Crippen molar-refractivity contribution in [3.05, 3.63) is 76.4 Å². The van der Waals surface area contributed by atoms with Crippen LogP contribution >= 0.6 is 7.60 Å². The molecule has 9 heteroatoms. The first-order valence-corrected chi connectivity index (χ1v) is 11.4. The van der Waals surface area contributed by atoms with Crippen LogP contribution in [0.25, 0.3) is 11.1 Å². The first-order valence-electron chi connectivity index (χ1n) is 9.76. The molecule has 0 radical (unpaired) electrons. The minimum absolute atomic E-state index is 0.0920. The molecule has 0 amide bonds. The van der Waals surface area contributed by atoms with Gasteiger partial charge in [-0.15, -0.1) is 0 Å². The van der Waals surface area contributed by atoms with Crippen LogP contribution in [0.5, 0.6) is 11.5 Å². The van der Waals surface area contributed by atoms with Crippen LogP contribution in [0.2, 0.25) is 0 Å². The molecule has 0 unspecified atom stereocenters. The first-order chi connectivity index (χ1) is 15.0. The van der Waals surface area contributed by atoms with Crippen LogP contribution in [0.15, 0.2) is 36.4 Å². The van der Waals surface area contributed by atoms with Crippen molar-refractivity contribution in [2.24, 2.45) is 0 Å². The molecule has 0 saturated carbocycles. The smallest absolute Gasteiger partial charge is 0.356 e. The third kappa shape index (κ3) is 4.58. The van der Waals surface area contributed by atoms with E-state index in [1.54, 1.807) is 0 Å². The highest BCUT2D eigenvalue weighted by molar-refractivity contribution is 7.60. The molecule has 3 aromatic rings. The molecule has 4 nitrogen and oxygen atoms in total. The Balaban J connectivity index is 2.01. The highest BCUT2D eigenvalue weighted by Gasteiger charge is 2.23. The zero-order valence-corrected chi connectivity index (χ0v) is 18.4. The molecule has 0 aliphatic carbocycles. The molecule has 0 spiro atoms. The van der Waals surface area contributed by atoms with Gasteiger partial charge >= 0.3 is 7.60 Å². The maximum atomic E-state index is 14.8. The van der Waals surface area contributed by atoms with Gasteiger partial charge in [-0.3, -0.25) is 4.57 Å². The molecular weight excluding hydrogens is 447 g/mol. The Bertz CT molecular complexity index is 1210. The fourth-order valence-corrected chi connectivity index (χ4v) is 4.17. The predicted octanol–water partition coefficient (Wildman–Crippen LogP) is 6.07. The Kier molecular flexibility index (Phi) is 6.79. The minimum Gasteiger partial charge on any atom is -0.454 e. The average Bonchev–Trinajstić information content (AvgIpc) is 2.71. The zero-order valence-electron chi connectivity index (χ0n) is 17.5. The zero-order chi connectivity index (χ0) is 23.8. The van der Waals surface area contributed by atoms with E-state index in [1.807, 2.05) is 6.92 Å². The lowest BCUT2D eigenvalue weighted by atomic mass is 10.00. The van der Waals surface area contributed by atoms with Gasteiger partial charge in [-0.05, 0) is 61.2 Å². The molecule has 0 aromatic heterocycles. The number of halogens is 4. The van der Waals surface area contributed by atoms with Crippen LogP contribution in [-0.2, 0) is 11.0 Å². The number of hydrogen-bond acceptors (Lipinski definition) is 2. The van der Waals surface area contributed by atoms with Gasteiger partial charge in [0.25, 0.3) is 0 Å². The molecule has 0 aliphatic rings. The summed E-state index contributed by atoms with van der Waals surface area (Å²) in [4.78, 5) is 18.7. The van der Waals surface area contributed by atoms with Gasteiger partial charge in [0, 0.05) is 11.1 Å². The molecule has 0 saturated heterocycles. The normalized spacial score (nSPS) is 11.7. The van der Waals surface area contributed by atoms with Crippen molar-refractivity contribution in [1.29, 1.82) is 0 Å². The second kappa shape index (κ2) is 9.06. The monoisotopic (exact) mass is 468 g/mol. The quantitative estimate of drug-likeness (QED) is 0.340. The van der Waals surface area contributed by atoms with Gasteiger partial charge in [0.2, 0.25) is 5.82 Å². The van der Waals surface area contributed by atoms with Crippen molar-refractivity contribution in [2.45, 2.75) is 33.6 Å². The van der Waals surface area contributed by atoms with Gasteiger partial charge in [-0.2, -0.15) is 4.39 Å². The Hall–Kier alpha value is -2.67. The Morgan fingerprint density at radius 2 is 1.38 bits per heavy atom. The Morgan fingerprint density at radius 1 is 0.844 bits per heavy atom. The SMILES string of the molecule is CCCc1ccc(-c2ccc(Oc3c(C)cc(P(=O)(O)O)cc3C)c(F)c2F)c(F)c1F. The minimum atomic E-state index is -4.51.